The molecule has 1 aromatic heterocycles. The number of hydrogen-bond donors (Lipinski definition) is 1. The highest BCUT2D eigenvalue weighted by molar-refractivity contribution is 5.87. The topological polar surface area (TPSA) is 55.1 Å². The molecule has 1 N–H and O–H groups in total. The van der Waals surface area contributed by atoms with Crippen LogP contribution in [0.3, 0.4) is 0 Å². The Kier molecular flexibility index (Phi) is 2.99. The van der Waals surface area contributed by atoms with Crippen LogP contribution in [0, 0.1) is 0 Å². The van der Waals surface area contributed by atoms with E-state index in [2.05, 4.69) is 5.10 Å². The van der Waals surface area contributed by atoms with Crippen molar-refractivity contribution in [2.75, 3.05) is 0 Å². The second-order valence-corrected chi connectivity index (χ2v) is 4.48. The first-order valence-electron chi connectivity index (χ1n) is 5.94. The van der Waals surface area contributed by atoms with Gasteiger partial charge in [0.1, 0.15) is 0 Å². The zero-order valence-electron chi connectivity index (χ0n) is 9.86. The third kappa shape index (κ3) is 1.72. The number of aromatic nitrogens is 2. The number of carboxylic acids is 1. The minimum Gasteiger partial charge on any atom is -0.476 e. The molecule has 0 saturated heterocycles. The van der Waals surface area contributed by atoms with Crippen molar-refractivity contribution in [3.8, 4) is 0 Å². The van der Waals surface area contributed by atoms with Gasteiger partial charge in [-0.1, -0.05) is 19.8 Å². The van der Waals surface area contributed by atoms with Crippen LogP contribution in [0.2, 0.25) is 0 Å². The third-order valence-corrected chi connectivity index (χ3v) is 3.49. The number of hydrogen-bond acceptors (Lipinski definition) is 2. The summed E-state index contributed by atoms with van der Waals surface area (Å²) in [6, 6.07) is 0. The fourth-order valence-corrected chi connectivity index (χ4v) is 2.81. The van der Waals surface area contributed by atoms with Crippen LogP contribution in [0.15, 0.2) is 0 Å². The summed E-state index contributed by atoms with van der Waals surface area (Å²) in [6.45, 7) is 2.00. The fourth-order valence-electron chi connectivity index (χ4n) is 2.81. The highest BCUT2D eigenvalue weighted by Gasteiger charge is 2.27. The molecule has 4 heteroatoms. The monoisotopic (exact) mass is 222 g/mol. The Morgan fingerprint density at radius 2 is 2.12 bits per heavy atom. The molecule has 0 radical (unpaired) electrons. The lowest BCUT2D eigenvalue weighted by Gasteiger charge is -2.11. The second kappa shape index (κ2) is 4.28. The van der Waals surface area contributed by atoms with E-state index in [1.54, 1.807) is 4.68 Å². The van der Waals surface area contributed by atoms with E-state index in [1.165, 1.54) is 25.7 Å². The molecular formula is C12H18N2O2. The standard InChI is InChI=1S/C12H18N2O2/c1-3-9-10(12(15)16)13-14(2)11(9)8-6-4-5-7-8/h8H,3-7H2,1-2H3,(H,15,16). The van der Waals surface area contributed by atoms with Gasteiger partial charge in [0.15, 0.2) is 5.69 Å². The number of nitrogens with zero attached hydrogens (tertiary/aromatic N) is 2. The molecule has 0 bridgehead atoms. The van der Waals surface area contributed by atoms with Crippen molar-refractivity contribution < 1.29 is 9.90 Å². The number of aryl methyl sites for hydroxylation is 1. The van der Waals surface area contributed by atoms with Crippen LogP contribution in [-0.4, -0.2) is 20.9 Å². The minimum atomic E-state index is -0.906. The molecule has 16 heavy (non-hydrogen) atoms. The van der Waals surface area contributed by atoms with E-state index in [0.717, 1.165) is 17.7 Å². The van der Waals surface area contributed by atoms with Crippen molar-refractivity contribution in [2.24, 2.45) is 7.05 Å². The molecule has 0 amide bonds. The zero-order chi connectivity index (χ0) is 11.7. The van der Waals surface area contributed by atoms with Crippen molar-refractivity contribution >= 4 is 5.97 Å². The highest BCUT2D eigenvalue weighted by Crippen LogP contribution is 2.36. The Morgan fingerprint density at radius 3 is 2.62 bits per heavy atom. The molecule has 2 rings (SSSR count). The van der Waals surface area contributed by atoms with Gasteiger partial charge in [-0.05, 0) is 19.3 Å². The van der Waals surface area contributed by atoms with Gasteiger partial charge >= 0.3 is 5.97 Å². The Balaban J connectivity index is 2.46. The van der Waals surface area contributed by atoms with E-state index in [4.69, 9.17) is 5.11 Å². The predicted molar refractivity (Wildman–Crippen MR) is 60.8 cm³/mol. The summed E-state index contributed by atoms with van der Waals surface area (Å²) in [4.78, 5) is 11.1. The number of carbonyl (C=O) groups is 1. The van der Waals surface area contributed by atoms with E-state index < -0.39 is 5.97 Å². The summed E-state index contributed by atoms with van der Waals surface area (Å²) < 4.78 is 1.78. The molecule has 0 aromatic carbocycles. The van der Waals surface area contributed by atoms with Crippen LogP contribution in [0.1, 0.15) is 60.3 Å². The first-order valence-corrected chi connectivity index (χ1v) is 5.94. The van der Waals surface area contributed by atoms with Gasteiger partial charge < -0.3 is 5.11 Å². The Bertz CT molecular complexity index is 403. The molecule has 1 aliphatic rings. The first kappa shape index (κ1) is 11.2. The second-order valence-electron chi connectivity index (χ2n) is 4.48. The largest absolute Gasteiger partial charge is 0.476 e. The van der Waals surface area contributed by atoms with Crippen LogP contribution in [0.25, 0.3) is 0 Å². The number of rotatable bonds is 3. The van der Waals surface area contributed by atoms with Crippen LogP contribution >= 0.6 is 0 Å². The molecule has 0 spiro atoms. The lowest BCUT2D eigenvalue weighted by Crippen LogP contribution is -2.04. The lowest BCUT2D eigenvalue weighted by atomic mass is 9.97. The van der Waals surface area contributed by atoms with E-state index >= 15 is 0 Å². The maximum absolute atomic E-state index is 11.1. The molecule has 4 nitrogen and oxygen atoms in total. The molecule has 0 atom stereocenters. The smallest absolute Gasteiger partial charge is 0.356 e. The third-order valence-electron chi connectivity index (χ3n) is 3.49. The van der Waals surface area contributed by atoms with E-state index in [1.807, 2.05) is 14.0 Å². The fraction of sp³-hybridized carbons (Fsp3) is 0.667. The van der Waals surface area contributed by atoms with Crippen LogP contribution in [-0.2, 0) is 13.5 Å². The molecular weight excluding hydrogens is 204 g/mol. The summed E-state index contributed by atoms with van der Waals surface area (Å²) in [5.41, 5.74) is 2.33. The zero-order valence-corrected chi connectivity index (χ0v) is 9.86. The van der Waals surface area contributed by atoms with Crippen molar-refractivity contribution in [1.82, 2.24) is 9.78 Å². The van der Waals surface area contributed by atoms with Crippen molar-refractivity contribution in [3.63, 3.8) is 0 Å². The van der Waals surface area contributed by atoms with E-state index in [9.17, 15) is 4.79 Å². The maximum atomic E-state index is 11.1. The summed E-state index contributed by atoms with van der Waals surface area (Å²) in [6.07, 6.45) is 5.60. The molecule has 1 fully saturated rings. The van der Waals surface area contributed by atoms with Gasteiger partial charge in [-0.15, -0.1) is 0 Å². The van der Waals surface area contributed by atoms with Gasteiger partial charge in [-0.2, -0.15) is 5.10 Å². The molecule has 1 saturated carbocycles. The van der Waals surface area contributed by atoms with Crippen molar-refractivity contribution in [2.45, 2.75) is 44.9 Å². The number of aromatic carboxylic acids is 1. The molecule has 1 heterocycles. The Labute approximate surface area is 95.3 Å². The number of carboxylic acid groups (broad SMARTS) is 1. The SMILES string of the molecule is CCc1c(C(=O)O)nn(C)c1C1CCCC1. The lowest BCUT2D eigenvalue weighted by molar-refractivity contribution is 0.0688. The van der Waals surface area contributed by atoms with Crippen molar-refractivity contribution in [3.05, 3.63) is 17.0 Å². The molecule has 1 aromatic rings. The highest BCUT2D eigenvalue weighted by atomic mass is 16.4. The summed E-state index contributed by atoms with van der Waals surface area (Å²) in [5.74, 6) is -0.391. The van der Waals surface area contributed by atoms with Gasteiger partial charge in [0, 0.05) is 24.2 Å². The Hall–Kier alpha value is -1.32. The quantitative estimate of drug-likeness (QED) is 0.854. The van der Waals surface area contributed by atoms with Crippen LogP contribution in [0.4, 0.5) is 0 Å². The van der Waals surface area contributed by atoms with Gasteiger partial charge in [-0.25, -0.2) is 4.79 Å². The van der Waals surface area contributed by atoms with Gasteiger partial charge in [0.25, 0.3) is 0 Å². The normalized spacial score (nSPS) is 16.9. The first-order chi connectivity index (χ1) is 7.65. The summed E-state index contributed by atoms with van der Waals surface area (Å²) >= 11 is 0. The Morgan fingerprint density at radius 1 is 1.50 bits per heavy atom. The van der Waals surface area contributed by atoms with Crippen molar-refractivity contribution in [1.29, 1.82) is 0 Å². The summed E-state index contributed by atoms with van der Waals surface area (Å²) in [7, 11) is 1.86. The molecule has 0 unspecified atom stereocenters. The van der Waals surface area contributed by atoms with Crippen LogP contribution < -0.4 is 0 Å². The predicted octanol–water partition coefficient (Wildman–Crippen LogP) is 2.34. The van der Waals surface area contributed by atoms with E-state index in [0.29, 0.717) is 5.92 Å². The average Bonchev–Trinajstić information content (AvgIpc) is 2.83. The summed E-state index contributed by atoms with van der Waals surface area (Å²) in [5, 5.41) is 13.2. The maximum Gasteiger partial charge on any atom is 0.356 e. The van der Waals surface area contributed by atoms with Gasteiger partial charge in [0.05, 0.1) is 0 Å². The van der Waals surface area contributed by atoms with E-state index in [-0.39, 0.29) is 5.69 Å². The van der Waals surface area contributed by atoms with Crippen LogP contribution in [0.5, 0.6) is 0 Å². The molecule has 1 aliphatic carbocycles. The average molecular weight is 222 g/mol. The van der Waals surface area contributed by atoms with Gasteiger partial charge in [0.2, 0.25) is 0 Å². The molecule has 88 valence electrons. The minimum absolute atomic E-state index is 0.242. The van der Waals surface area contributed by atoms with Gasteiger partial charge in [-0.3, -0.25) is 4.68 Å². The molecule has 0 aliphatic heterocycles.